The van der Waals surface area contributed by atoms with Gasteiger partial charge in [0.05, 0.1) is 0 Å². The number of nitrogens with zero attached hydrogens (tertiary/aromatic N) is 1. The first kappa shape index (κ1) is 19.0. The second-order valence-corrected chi connectivity index (χ2v) is 6.67. The Morgan fingerprint density at radius 1 is 1.05 bits per heavy atom. The third-order valence-electron chi connectivity index (χ3n) is 5.12. The zero-order chi connectivity index (χ0) is 13.2. The van der Waals surface area contributed by atoms with Crippen LogP contribution in [0.25, 0.3) is 0 Å². The SMILES string of the molecule is Cl.Cl.N[C@@H]1CCC[C@H]1CC(=O)NC1CCN(C2CC2)CC1. The summed E-state index contributed by atoms with van der Waals surface area (Å²) in [4.78, 5) is 14.7. The van der Waals surface area contributed by atoms with Crippen LogP contribution in [0.15, 0.2) is 0 Å². The zero-order valence-electron chi connectivity index (χ0n) is 12.6. The largest absolute Gasteiger partial charge is 0.353 e. The lowest BCUT2D eigenvalue weighted by Gasteiger charge is -2.32. The smallest absolute Gasteiger partial charge is 0.220 e. The van der Waals surface area contributed by atoms with Crippen LogP contribution in [-0.4, -0.2) is 42.0 Å². The van der Waals surface area contributed by atoms with Crippen molar-refractivity contribution in [3.05, 3.63) is 0 Å². The summed E-state index contributed by atoms with van der Waals surface area (Å²) in [5.41, 5.74) is 6.03. The summed E-state index contributed by atoms with van der Waals surface area (Å²) in [6.07, 6.45) is 9.08. The van der Waals surface area contributed by atoms with E-state index < -0.39 is 0 Å². The molecule has 1 saturated heterocycles. The van der Waals surface area contributed by atoms with Crippen molar-refractivity contribution in [2.45, 2.75) is 69.5 Å². The first-order valence-corrected chi connectivity index (χ1v) is 8.01. The van der Waals surface area contributed by atoms with E-state index in [0.29, 0.717) is 18.4 Å². The Bertz CT molecular complexity index is 331. The molecule has 2 saturated carbocycles. The molecular weight excluding hydrogens is 309 g/mol. The number of hydrogen-bond donors (Lipinski definition) is 2. The highest BCUT2D eigenvalue weighted by molar-refractivity contribution is 5.85. The van der Waals surface area contributed by atoms with Crippen LogP contribution < -0.4 is 11.1 Å². The molecule has 3 rings (SSSR count). The van der Waals surface area contributed by atoms with Gasteiger partial charge in [-0.1, -0.05) is 6.42 Å². The van der Waals surface area contributed by atoms with E-state index in [4.69, 9.17) is 5.73 Å². The normalized spacial score (nSPS) is 30.3. The fraction of sp³-hybridized carbons (Fsp3) is 0.933. The first-order chi connectivity index (χ1) is 9.22. The maximum absolute atomic E-state index is 12.1. The average molecular weight is 338 g/mol. The van der Waals surface area contributed by atoms with Crippen molar-refractivity contribution in [1.82, 2.24) is 10.2 Å². The van der Waals surface area contributed by atoms with Crippen molar-refractivity contribution in [2.24, 2.45) is 11.7 Å². The lowest BCUT2D eigenvalue weighted by atomic mass is 9.98. The molecule has 3 N–H and O–H groups in total. The number of rotatable bonds is 4. The van der Waals surface area contributed by atoms with E-state index in [2.05, 4.69) is 10.2 Å². The molecule has 1 amide bonds. The zero-order valence-corrected chi connectivity index (χ0v) is 14.3. The van der Waals surface area contributed by atoms with Crippen molar-refractivity contribution in [2.75, 3.05) is 13.1 Å². The van der Waals surface area contributed by atoms with Gasteiger partial charge < -0.3 is 16.0 Å². The molecule has 0 aromatic heterocycles. The van der Waals surface area contributed by atoms with E-state index in [9.17, 15) is 4.79 Å². The van der Waals surface area contributed by atoms with Crippen LogP contribution in [0.5, 0.6) is 0 Å². The Kier molecular flexibility index (Phi) is 7.75. The molecular formula is C15H29Cl2N3O. The first-order valence-electron chi connectivity index (χ1n) is 8.01. The van der Waals surface area contributed by atoms with Crippen LogP contribution in [0, 0.1) is 5.92 Å². The molecule has 0 unspecified atom stereocenters. The Balaban J connectivity index is 0.00000110. The summed E-state index contributed by atoms with van der Waals surface area (Å²) in [7, 11) is 0. The third-order valence-corrected chi connectivity index (χ3v) is 5.12. The van der Waals surface area contributed by atoms with E-state index >= 15 is 0 Å². The second kappa shape index (κ2) is 8.56. The van der Waals surface area contributed by atoms with Crippen molar-refractivity contribution in [1.29, 1.82) is 0 Å². The molecule has 1 aliphatic heterocycles. The molecule has 2 aliphatic carbocycles. The highest BCUT2D eigenvalue weighted by atomic mass is 35.5. The van der Waals surface area contributed by atoms with Gasteiger partial charge in [-0.25, -0.2) is 0 Å². The summed E-state index contributed by atoms with van der Waals surface area (Å²) in [6, 6.07) is 1.52. The Hall–Kier alpha value is -0.0300. The molecule has 0 aromatic rings. The number of amides is 1. The number of carbonyl (C=O) groups is 1. The minimum Gasteiger partial charge on any atom is -0.353 e. The van der Waals surface area contributed by atoms with Crippen LogP contribution in [0.4, 0.5) is 0 Å². The lowest BCUT2D eigenvalue weighted by molar-refractivity contribution is -0.123. The predicted molar refractivity (Wildman–Crippen MR) is 90.2 cm³/mol. The van der Waals surface area contributed by atoms with Crippen LogP contribution in [0.1, 0.15) is 51.4 Å². The summed E-state index contributed by atoms with van der Waals surface area (Å²) in [5, 5.41) is 3.23. The molecule has 3 aliphatic rings. The maximum atomic E-state index is 12.1. The van der Waals surface area contributed by atoms with E-state index in [1.807, 2.05) is 0 Å². The van der Waals surface area contributed by atoms with Gasteiger partial charge in [0.15, 0.2) is 0 Å². The van der Waals surface area contributed by atoms with Gasteiger partial charge in [-0.05, 0) is 44.4 Å². The number of likely N-dealkylation sites (tertiary alicyclic amines) is 1. The standard InChI is InChI=1S/C15H27N3O.2ClH/c16-14-3-1-2-11(14)10-15(19)17-12-6-8-18(9-7-12)13-4-5-13;;/h11-14H,1-10,16H2,(H,17,19);2*1H/t11-,14+;;/m0../s1. The van der Waals surface area contributed by atoms with Gasteiger partial charge in [0.2, 0.25) is 5.91 Å². The molecule has 2 atom stereocenters. The second-order valence-electron chi connectivity index (χ2n) is 6.67. The molecule has 0 spiro atoms. The number of hydrogen-bond acceptors (Lipinski definition) is 3. The van der Waals surface area contributed by atoms with Gasteiger partial charge >= 0.3 is 0 Å². The highest BCUT2D eigenvalue weighted by Crippen LogP contribution is 2.29. The monoisotopic (exact) mass is 337 g/mol. The summed E-state index contributed by atoms with van der Waals surface area (Å²) in [6.45, 7) is 2.33. The number of carbonyl (C=O) groups excluding carboxylic acids is 1. The Morgan fingerprint density at radius 2 is 1.71 bits per heavy atom. The Morgan fingerprint density at radius 3 is 2.24 bits per heavy atom. The van der Waals surface area contributed by atoms with Crippen LogP contribution in [0.3, 0.4) is 0 Å². The van der Waals surface area contributed by atoms with E-state index in [1.54, 1.807) is 0 Å². The predicted octanol–water partition coefficient (Wildman–Crippen LogP) is 2.09. The molecule has 124 valence electrons. The molecule has 21 heavy (non-hydrogen) atoms. The number of halogens is 2. The summed E-state index contributed by atoms with van der Waals surface area (Å²) in [5.74, 6) is 0.652. The fourth-order valence-electron chi connectivity index (χ4n) is 3.69. The van der Waals surface area contributed by atoms with Gasteiger partial charge in [-0.3, -0.25) is 4.79 Å². The molecule has 4 nitrogen and oxygen atoms in total. The maximum Gasteiger partial charge on any atom is 0.220 e. The van der Waals surface area contributed by atoms with Crippen molar-refractivity contribution in [3.63, 3.8) is 0 Å². The number of nitrogens with two attached hydrogens (primary N) is 1. The Labute approximate surface area is 140 Å². The van der Waals surface area contributed by atoms with Gasteiger partial charge in [0.25, 0.3) is 0 Å². The quantitative estimate of drug-likeness (QED) is 0.825. The summed E-state index contributed by atoms with van der Waals surface area (Å²) >= 11 is 0. The number of piperidine rings is 1. The lowest BCUT2D eigenvalue weighted by Crippen LogP contribution is -2.46. The third kappa shape index (κ3) is 5.27. The van der Waals surface area contributed by atoms with Crippen molar-refractivity contribution in [3.8, 4) is 0 Å². The molecule has 6 heteroatoms. The topological polar surface area (TPSA) is 58.4 Å². The highest BCUT2D eigenvalue weighted by Gasteiger charge is 2.32. The van der Waals surface area contributed by atoms with Gasteiger partial charge in [-0.2, -0.15) is 0 Å². The average Bonchev–Trinajstić information content (AvgIpc) is 3.16. The van der Waals surface area contributed by atoms with Crippen LogP contribution in [-0.2, 0) is 4.79 Å². The van der Waals surface area contributed by atoms with E-state index in [0.717, 1.165) is 31.7 Å². The molecule has 0 radical (unpaired) electrons. The fourth-order valence-corrected chi connectivity index (χ4v) is 3.69. The van der Waals surface area contributed by atoms with Crippen LogP contribution >= 0.6 is 24.8 Å². The molecule has 0 bridgehead atoms. The van der Waals surface area contributed by atoms with E-state index in [-0.39, 0.29) is 36.8 Å². The van der Waals surface area contributed by atoms with Gasteiger partial charge in [0, 0.05) is 37.6 Å². The molecule has 0 aromatic carbocycles. The van der Waals surface area contributed by atoms with E-state index in [1.165, 1.54) is 32.4 Å². The van der Waals surface area contributed by atoms with Crippen molar-refractivity contribution < 1.29 is 4.79 Å². The minimum absolute atomic E-state index is 0. The molecule has 1 heterocycles. The van der Waals surface area contributed by atoms with Crippen LogP contribution in [0.2, 0.25) is 0 Å². The molecule has 3 fully saturated rings. The summed E-state index contributed by atoms with van der Waals surface area (Å²) < 4.78 is 0. The minimum atomic E-state index is 0. The van der Waals surface area contributed by atoms with Gasteiger partial charge in [-0.15, -0.1) is 24.8 Å². The van der Waals surface area contributed by atoms with Gasteiger partial charge in [0.1, 0.15) is 0 Å². The van der Waals surface area contributed by atoms with Crippen molar-refractivity contribution >= 4 is 30.7 Å². The number of nitrogens with one attached hydrogen (secondary N) is 1.